The van der Waals surface area contributed by atoms with E-state index in [4.69, 9.17) is 4.74 Å². The maximum absolute atomic E-state index is 10.9. The van der Waals surface area contributed by atoms with Crippen molar-refractivity contribution in [3.05, 3.63) is 33.9 Å². The smallest absolute Gasteiger partial charge is 0.311 e. The number of nitrogens with one attached hydrogen (secondary N) is 1. The second kappa shape index (κ2) is 5.59. The third-order valence-electron chi connectivity index (χ3n) is 1.95. The molecule has 1 amide bonds. The van der Waals surface area contributed by atoms with Crippen LogP contribution in [0.5, 0.6) is 5.75 Å². The summed E-state index contributed by atoms with van der Waals surface area (Å²) < 4.78 is 4.98. The van der Waals surface area contributed by atoms with E-state index in [0.29, 0.717) is 6.29 Å². The van der Waals surface area contributed by atoms with Crippen LogP contribution in [0.4, 0.5) is 5.69 Å². The van der Waals surface area contributed by atoms with Crippen LogP contribution in [0, 0.1) is 10.1 Å². The Bertz CT molecular complexity index is 458. The van der Waals surface area contributed by atoms with Gasteiger partial charge >= 0.3 is 5.69 Å². The van der Waals surface area contributed by atoms with E-state index in [9.17, 15) is 19.7 Å². The summed E-state index contributed by atoms with van der Waals surface area (Å²) in [5, 5.41) is 13.0. The molecule has 0 atom stereocenters. The number of amides is 1. The lowest BCUT2D eigenvalue weighted by Crippen LogP contribution is -2.25. The zero-order valence-corrected chi connectivity index (χ0v) is 9.00. The first kappa shape index (κ1) is 12.6. The normalized spacial score (nSPS) is 9.47. The summed E-state index contributed by atoms with van der Waals surface area (Å²) in [5.74, 6) is -0.456. The number of aldehydes is 1. The number of nitro benzene ring substituents is 1. The van der Waals surface area contributed by atoms with Crippen molar-refractivity contribution in [3.63, 3.8) is 0 Å². The highest BCUT2D eigenvalue weighted by molar-refractivity contribution is 5.78. The average Bonchev–Trinajstić information content (AvgIpc) is 2.35. The van der Waals surface area contributed by atoms with Crippen LogP contribution >= 0.6 is 0 Å². The average molecular weight is 238 g/mol. The number of ether oxygens (including phenoxy) is 1. The summed E-state index contributed by atoms with van der Waals surface area (Å²) in [4.78, 5) is 31.4. The molecule has 7 nitrogen and oxygen atoms in total. The molecule has 17 heavy (non-hydrogen) atoms. The Labute approximate surface area is 96.5 Å². The van der Waals surface area contributed by atoms with Crippen LogP contribution in [-0.4, -0.2) is 30.8 Å². The SMILES string of the molecule is CNC(=O)COc1ccc(C=O)cc1[N+](=O)[O-]. The highest BCUT2D eigenvalue weighted by atomic mass is 16.6. The molecule has 0 aliphatic heterocycles. The van der Waals surface area contributed by atoms with Gasteiger partial charge in [0.05, 0.1) is 4.92 Å². The van der Waals surface area contributed by atoms with Crippen LogP contribution in [0.2, 0.25) is 0 Å². The minimum Gasteiger partial charge on any atom is -0.477 e. The summed E-state index contributed by atoms with van der Waals surface area (Å²) in [6, 6.07) is 3.75. The molecule has 0 bridgehead atoms. The van der Waals surface area contributed by atoms with Crippen molar-refractivity contribution in [1.82, 2.24) is 5.32 Å². The van der Waals surface area contributed by atoms with Gasteiger partial charge in [-0.15, -0.1) is 0 Å². The molecule has 0 aliphatic carbocycles. The van der Waals surface area contributed by atoms with E-state index in [-0.39, 0.29) is 23.6 Å². The number of hydrogen-bond donors (Lipinski definition) is 1. The summed E-state index contributed by atoms with van der Waals surface area (Å²) in [5.41, 5.74) is -0.178. The first-order chi connectivity index (χ1) is 8.08. The molecule has 0 heterocycles. The minimum absolute atomic E-state index is 0.0517. The standard InChI is InChI=1S/C10H10N2O5/c1-11-10(14)6-17-9-3-2-7(5-13)4-8(9)12(15)16/h2-5H,6H2,1H3,(H,11,14). The molecular formula is C10H10N2O5. The van der Waals surface area contributed by atoms with Gasteiger partial charge in [-0.05, 0) is 12.1 Å². The Morgan fingerprint density at radius 1 is 1.59 bits per heavy atom. The Morgan fingerprint density at radius 3 is 2.82 bits per heavy atom. The van der Waals surface area contributed by atoms with Crippen LogP contribution in [-0.2, 0) is 4.79 Å². The lowest BCUT2D eigenvalue weighted by Gasteiger charge is -2.05. The third kappa shape index (κ3) is 3.26. The van der Waals surface area contributed by atoms with Gasteiger partial charge in [-0.1, -0.05) is 0 Å². The van der Waals surface area contributed by atoms with Gasteiger partial charge in [-0.3, -0.25) is 19.7 Å². The van der Waals surface area contributed by atoms with Crippen molar-refractivity contribution in [3.8, 4) is 5.75 Å². The van der Waals surface area contributed by atoms with Gasteiger partial charge in [0, 0.05) is 18.7 Å². The zero-order valence-electron chi connectivity index (χ0n) is 9.00. The number of carbonyl (C=O) groups excluding carboxylic acids is 2. The van der Waals surface area contributed by atoms with Crippen molar-refractivity contribution < 1.29 is 19.2 Å². The fourth-order valence-corrected chi connectivity index (χ4v) is 1.09. The monoisotopic (exact) mass is 238 g/mol. The Hall–Kier alpha value is -2.44. The first-order valence-corrected chi connectivity index (χ1v) is 4.65. The van der Waals surface area contributed by atoms with Gasteiger partial charge in [-0.25, -0.2) is 0 Å². The number of nitro groups is 1. The van der Waals surface area contributed by atoms with E-state index in [0.717, 1.165) is 6.07 Å². The fraction of sp³-hybridized carbons (Fsp3) is 0.200. The van der Waals surface area contributed by atoms with E-state index in [2.05, 4.69) is 5.32 Å². The minimum atomic E-state index is -0.674. The van der Waals surface area contributed by atoms with E-state index in [1.165, 1.54) is 19.2 Å². The molecule has 0 unspecified atom stereocenters. The molecule has 0 saturated carbocycles. The molecule has 7 heteroatoms. The topological polar surface area (TPSA) is 98.5 Å². The van der Waals surface area contributed by atoms with Gasteiger partial charge < -0.3 is 10.1 Å². The summed E-state index contributed by atoms with van der Waals surface area (Å²) in [7, 11) is 1.43. The molecular weight excluding hydrogens is 228 g/mol. The first-order valence-electron chi connectivity index (χ1n) is 4.65. The molecule has 0 radical (unpaired) electrons. The summed E-state index contributed by atoms with van der Waals surface area (Å²) in [6.07, 6.45) is 0.496. The Morgan fingerprint density at radius 2 is 2.29 bits per heavy atom. The van der Waals surface area contributed by atoms with E-state index in [1.807, 2.05) is 0 Å². The van der Waals surface area contributed by atoms with Crippen molar-refractivity contribution in [2.24, 2.45) is 0 Å². The predicted octanol–water partition coefficient (Wildman–Crippen LogP) is 0.532. The molecule has 0 spiro atoms. The molecule has 1 N–H and O–H groups in total. The van der Waals surface area contributed by atoms with Crippen molar-refractivity contribution >= 4 is 17.9 Å². The molecule has 0 saturated heterocycles. The van der Waals surface area contributed by atoms with Crippen LogP contribution in [0.1, 0.15) is 10.4 Å². The predicted molar refractivity (Wildman–Crippen MR) is 58.0 cm³/mol. The van der Waals surface area contributed by atoms with Gasteiger partial charge in [0.25, 0.3) is 5.91 Å². The maximum Gasteiger partial charge on any atom is 0.311 e. The van der Waals surface area contributed by atoms with Crippen LogP contribution in [0.3, 0.4) is 0 Å². The molecule has 1 aromatic rings. The second-order valence-corrected chi connectivity index (χ2v) is 3.06. The molecule has 0 fully saturated rings. The number of rotatable bonds is 5. The van der Waals surface area contributed by atoms with E-state index in [1.54, 1.807) is 0 Å². The molecule has 0 aliphatic rings. The molecule has 0 aromatic heterocycles. The lowest BCUT2D eigenvalue weighted by molar-refractivity contribution is -0.385. The zero-order chi connectivity index (χ0) is 12.8. The van der Waals surface area contributed by atoms with Crippen molar-refractivity contribution in [2.75, 3.05) is 13.7 Å². The van der Waals surface area contributed by atoms with Crippen LogP contribution in [0.25, 0.3) is 0 Å². The van der Waals surface area contributed by atoms with Crippen molar-refractivity contribution in [2.45, 2.75) is 0 Å². The second-order valence-electron chi connectivity index (χ2n) is 3.06. The number of hydrogen-bond acceptors (Lipinski definition) is 5. The van der Waals surface area contributed by atoms with E-state index >= 15 is 0 Å². The highest BCUT2D eigenvalue weighted by Gasteiger charge is 2.16. The summed E-state index contributed by atoms with van der Waals surface area (Å²) in [6.45, 7) is -0.322. The summed E-state index contributed by atoms with van der Waals surface area (Å²) >= 11 is 0. The van der Waals surface area contributed by atoms with Gasteiger partial charge in [0.15, 0.2) is 12.4 Å². The fourth-order valence-electron chi connectivity index (χ4n) is 1.09. The maximum atomic E-state index is 10.9. The van der Waals surface area contributed by atoms with Crippen LogP contribution < -0.4 is 10.1 Å². The van der Waals surface area contributed by atoms with E-state index < -0.39 is 10.8 Å². The quantitative estimate of drug-likeness (QED) is 0.458. The Kier molecular flexibility index (Phi) is 4.15. The molecule has 90 valence electrons. The van der Waals surface area contributed by atoms with Gasteiger partial charge in [0.1, 0.15) is 6.29 Å². The largest absolute Gasteiger partial charge is 0.477 e. The number of nitrogens with zero attached hydrogens (tertiary/aromatic N) is 1. The number of benzene rings is 1. The lowest BCUT2D eigenvalue weighted by atomic mass is 10.2. The third-order valence-corrected chi connectivity index (χ3v) is 1.95. The van der Waals surface area contributed by atoms with Gasteiger partial charge in [-0.2, -0.15) is 0 Å². The number of carbonyl (C=O) groups is 2. The van der Waals surface area contributed by atoms with Crippen LogP contribution in [0.15, 0.2) is 18.2 Å². The Balaban J connectivity index is 2.94. The molecule has 1 rings (SSSR count). The molecule has 1 aromatic carbocycles. The highest BCUT2D eigenvalue weighted by Crippen LogP contribution is 2.27. The van der Waals surface area contributed by atoms with Gasteiger partial charge in [0.2, 0.25) is 0 Å². The van der Waals surface area contributed by atoms with Crippen molar-refractivity contribution in [1.29, 1.82) is 0 Å². The number of likely N-dealkylation sites (N-methyl/N-ethyl adjacent to an activating group) is 1.